The first-order valence-corrected chi connectivity index (χ1v) is 6.05. The molecule has 2 heterocycles. The average Bonchev–Trinajstić information content (AvgIpc) is 2.33. The summed E-state index contributed by atoms with van der Waals surface area (Å²) in [4.78, 5) is 0. The van der Waals surface area contributed by atoms with Crippen LogP contribution in [0.4, 0.5) is 0 Å². The van der Waals surface area contributed by atoms with Gasteiger partial charge in [-0.2, -0.15) is 0 Å². The van der Waals surface area contributed by atoms with Gasteiger partial charge in [-0.25, -0.2) is 0 Å². The summed E-state index contributed by atoms with van der Waals surface area (Å²) in [5, 5.41) is 19.5. The van der Waals surface area contributed by atoms with E-state index in [1.54, 1.807) is 0 Å². The lowest BCUT2D eigenvalue weighted by Crippen LogP contribution is -2.38. The van der Waals surface area contributed by atoms with Crippen molar-refractivity contribution in [3.63, 3.8) is 0 Å². The summed E-state index contributed by atoms with van der Waals surface area (Å²) in [7, 11) is 0. The number of rotatable bonds is 2. The SMILES string of the molecule is Cl.ON=C(C1CCNCC1)C1CCNCC1. The van der Waals surface area contributed by atoms with Crippen LogP contribution in [0.1, 0.15) is 25.7 Å². The van der Waals surface area contributed by atoms with Gasteiger partial charge in [0.25, 0.3) is 0 Å². The lowest BCUT2D eigenvalue weighted by molar-refractivity contribution is 0.298. The van der Waals surface area contributed by atoms with E-state index in [1.165, 1.54) is 0 Å². The smallest absolute Gasteiger partial charge is 0.0634 e. The minimum Gasteiger partial charge on any atom is -0.411 e. The topological polar surface area (TPSA) is 56.7 Å². The summed E-state index contributed by atoms with van der Waals surface area (Å²) < 4.78 is 0. The molecule has 94 valence electrons. The van der Waals surface area contributed by atoms with Crippen LogP contribution in [-0.2, 0) is 0 Å². The largest absolute Gasteiger partial charge is 0.411 e. The van der Waals surface area contributed by atoms with E-state index < -0.39 is 0 Å². The second-order valence-electron chi connectivity index (χ2n) is 4.57. The number of nitrogens with zero attached hydrogens (tertiary/aromatic N) is 1. The number of hydrogen-bond donors (Lipinski definition) is 3. The zero-order valence-electron chi connectivity index (χ0n) is 9.61. The summed E-state index contributed by atoms with van der Waals surface area (Å²) in [6.45, 7) is 4.26. The van der Waals surface area contributed by atoms with Crippen molar-refractivity contribution in [3.8, 4) is 0 Å². The molecule has 0 saturated carbocycles. The Morgan fingerprint density at radius 3 is 1.56 bits per heavy atom. The zero-order valence-corrected chi connectivity index (χ0v) is 10.4. The van der Waals surface area contributed by atoms with Crippen LogP contribution >= 0.6 is 12.4 Å². The van der Waals surface area contributed by atoms with Crippen LogP contribution in [-0.4, -0.2) is 37.1 Å². The van der Waals surface area contributed by atoms with Crippen LogP contribution in [0.25, 0.3) is 0 Å². The lowest BCUT2D eigenvalue weighted by atomic mass is 9.81. The highest BCUT2D eigenvalue weighted by atomic mass is 35.5. The Morgan fingerprint density at radius 1 is 0.875 bits per heavy atom. The minimum atomic E-state index is 0. The number of halogens is 1. The number of piperidine rings is 2. The lowest BCUT2D eigenvalue weighted by Gasteiger charge is -2.30. The van der Waals surface area contributed by atoms with E-state index in [1.807, 2.05) is 0 Å². The van der Waals surface area contributed by atoms with E-state index in [4.69, 9.17) is 0 Å². The summed E-state index contributed by atoms with van der Waals surface area (Å²) in [5.74, 6) is 1.03. The Labute approximate surface area is 103 Å². The van der Waals surface area contributed by atoms with Gasteiger partial charge in [0.15, 0.2) is 0 Å². The third kappa shape index (κ3) is 3.34. The molecule has 0 bridgehead atoms. The fraction of sp³-hybridized carbons (Fsp3) is 0.909. The Morgan fingerprint density at radius 2 is 1.25 bits per heavy atom. The molecule has 3 N–H and O–H groups in total. The molecule has 2 aliphatic rings. The summed E-state index contributed by atoms with van der Waals surface area (Å²) >= 11 is 0. The first kappa shape index (κ1) is 13.7. The van der Waals surface area contributed by atoms with Crippen molar-refractivity contribution >= 4 is 18.1 Å². The fourth-order valence-electron chi connectivity index (χ4n) is 2.73. The second-order valence-corrected chi connectivity index (χ2v) is 4.57. The maximum absolute atomic E-state index is 9.18. The van der Waals surface area contributed by atoms with Crippen molar-refractivity contribution in [1.29, 1.82) is 0 Å². The predicted molar refractivity (Wildman–Crippen MR) is 67.7 cm³/mol. The average molecular weight is 248 g/mol. The second kappa shape index (κ2) is 7.09. The molecule has 0 amide bonds. The molecule has 16 heavy (non-hydrogen) atoms. The molecular formula is C11H22ClN3O. The monoisotopic (exact) mass is 247 g/mol. The Hall–Kier alpha value is -0.320. The van der Waals surface area contributed by atoms with Crippen LogP contribution in [0.2, 0.25) is 0 Å². The molecule has 0 aromatic carbocycles. The van der Waals surface area contributed by atoms with Crippen molar-refractivity contribution in [1.82, 2.24) is 10.6 Å². The zero-order chi connectivity index (χ0) is 10.5. The Balaban J connectivity index is 0.00000128. The van der Waals surface area contributed by atoms with E-state index in [2.05, 4.69) is 15.8 Å². The third-order valence-corrected chi connectivity index (χ3v) is 3.63. The maximum atomic E-state index is 9.18. The van der Waals surface area contributed by atoms with E-state index in [-0.39, 0.29) is 12.4 Å². The molecule has 2 fully saturated rings. The van der Waals surface area contributed by atoms with E-state index in [0.717, 1.165) is 57.6 Å². The quantitative estimate of drug-likeness (QED) is 0.391. The normalized spacial score (nSPS) is 23.5. The molecular weight excluding hydrogens is 226 g/mol. The molecule has 0 spiro atoms. The van der Waals surface area contributed by atoms with Gasteiger partial charge in [-0.15, -0.1) is 12.4 Å². The van der Waals surface area contributed by atoms with Crippen LogP contribution < -0.4 is 10.6 Å². The van der Waals surface area contributed by atoms with E-state index >= 15 is 0 Å². The van der Waals surface area contributed by atoms with Gasteiger partial charge < -0.3 is 15.8 Å². The molecule has 0 atom stereocenters. The van der Waals surface area contributed by atoms with Gasteiger partial charge in [0, 0.05) is 11.8 Å². The third-order valence-electron chi connectivity index (χ3n) is 3.63. The first-order valence-electron chi connectivity index (χ1n) is 6.05. The van der Waals surface area contributed by atoms with Gasteiger partial charge >= 0.3 is 0 Å². The van der Waals surface area contributed by atoms with E-state index in [9.17, 15) is 5.21 Å². The molecule has 0 radical (unpaired) electrons. The predicted octanol–water partition coefficient (Wildman–Crippen LogP) is 1.24. The summed E-state index contributed by atoms with van der Waals surface area (Å²) in [6.07, 6.45) is 4.51. The summed E-state index contributed by atoms with van der Waals surface area (Å²) in [6, 6.07) is 0. The van der Waals surface area contributed by atoms with Gasteiger partial charge in [-0.1, -0.05) is 5.16 Å². The van der Waals surface area contributed by atoms with Gasteiger partial charge in [0.2, 0.25) is 0 Å². The molecule has 0 aromatic heterocycles. The van der Waals surface area contributed by atoms with Gasteiger partial charge in [-0.05, 0) is 51.9 Å². The van der Waals surface area contributed by atoms with Crippen molar-refractivity contribution < 1.29 is 5.21 Å². The number of hydrogen-bond acceptors (Lipinski definition) is 4. The number of nitrogens with one attached hydrogen (secondary N) is 2. The minimum absolute atomic E-state index is 0. The number of oxime groups is 1. The van der Waals surface area contributed by atoms with Gasteiger partial charge in [0.1, 0.15) is 0 Å². The molecule has 4 nitrogen and oxygen atoms in total. The molecule has 2 saturated heterocycles. The molecule has 0 aromatic rings. The van der Waals surface area contributed by atoms with Crippen molar-refractivity contribution in [2.75, 3.05) is 26.2 Å². The fourth-order valence-corrected chi connectivity index (χ4v) is 2.73. The highest BCUT2D eigenvalue weighted by Gasteiger charge is 2.27. The van der Waals surface area contributed by atoms with Crippen molar-refractivity contribution in [2.24, 2.45) is 17.0 Å². The molecule has 0 aliphatic carbocycles. The van der Waals surface area contributed by atoms with Crippen LogP contribution in [0.3, 0.4) is 0 Å². The van der Waals surface area contributed by atoms with Crippen LogP contribution in [0.5, 0.6) is 0 Å². The van der Waals surface area contributed by atoms with E-state index in [0.29, 0.717) is 11.8 Å². The Kier molecular flexibility index (Phi) is 6.09. The molecule has 2 rings (SSSR count). The van der Waals surface area contributed by atoms with Gasteiger partial charge in [0.05, 0.1) is 5.71 Å². The molecule has 0 unspecified atom stereocenters. The highest BCUT2D eigenvalue weighted by molar-refractivity contribution is 5.88. The summed E-state index contributed by atoms with van der Waals surface area (Å²) in [5.41, 5.74) is 1.07. The Bertz CT molecular complexity index is 203. The van der Waals surface area contributed by atoms with Crippen LogP contribution in [0, 0.1) is 11.8 Å². The highest BCUT2D eigenvalue weighted by Crippen LogP contribution is 2.24. The molecule has 2 aliphatic heterocycles. The standard InChI is InChI=1S/C11H21N3O.ClH/c15-14-11(9-1-5-12-6-2-9)10-3-7-13-8-4-10;/h9-10,12-13,15H,1-8H2;1H. The first-order chi connectivity index (χ1) is 7.42. The molecule has 5 heteroatoms. The van der Waals surface area contributed by atoms with Crippen LogP contribution in [0.15, 0.2) is 5.16 Å². The van der Waals surface area contributed by atoms with Crippen molar-refractivity contribution in [2.45, 2.75) is 25.7 Å². The maximum Gasteiger partial charge on any atom is 0.0634 e. The van der Waals surface area contributed by atoms with Gasteiger partial charge in [-0.3, -0.25) is 0 Å². The van der Waals surface area contributed by atoms with Crippen molar-refractivity contribution in [3.05, 3.63) is 0 Å².